The van der Waals surface area contributed by atoms with Gasteiger partial charge in [0.25, 0.3) is 5.69 Å². The normalized spacial score (nSPS) is 11.3. The van der Waals surface area contributed by atoms with E-state index in [0.29, 0.717) is 17.0 Å². The first-order valence-corrected chi connectivity index (χ1v) is 8.59. The number of hydrogen-bond donors (Lipinski definition) is 0. The topological polar surface area (TPSA) is 86.7 Å². The van der Waals surface area contributed by atoms with Gasteiger partial charge in [-0.2, -0.15) is 0 Å². The second-order valence-electron chi connectivity index (χ2n) is 6.50. The molecule has 0 aliphatic heterocycles. The third kappa shape index (κ3) is 4.15. The standard InChI is InChI=1S/C21H19N3O4/c1-14-4-6-16(7-5-14)20(17-8-10-18(11-9-17)24(26)27)22-28-21(25)19-12-15(2)13-23(19)3/h4-13H,1-3H3/b22-20-. The summed E-state index contributed by atoms with van der Waals surface area (Å²) in [7, 11) is 1.75. The minimum Gasteiger partial charge on any atom is -0.345 e. The summed E-state index contributed by atoms with van der Waals surface area (Å²) in [6.07, 6.45) is 1.82. The van der Waals surface area contributed by atoms with Gasteiger partial charge in [0.05, 0.1) is 4.92 Å². The molecular formula is C21H19N3O4. The van der Waals surface area contributed by atoms with Crippen molar-refractivity contribution in [3.8, 4) is 0 Å². The summed E-state index contributed by atoms with van der Waals surface area (Å²) in [5, 5.41) is 15.0. The summed E-state index contributed by atoms with van der Waals surface area (Å²) < 4.78 is 1.67. The molecule has 0 unspecified atom stereocenters. The van der Waals surface area contributed by atoms with Crippen LogP contribution < -0.4 is 0 Å². The van der Waals surface area contributed by atoms with Crippen LogP contribution in [0.3, 0.4) is 0 Å². The van der Waals surface area contributed by atoms with Gasteiger partial charge in [-0.15, -0.1) is 0 Å². The van der Waals surface area contributed by atoms with Gasteiger partial charge in [0.15, 0.2) is 0 Å². The molecule has 0 saturated carbocycles. The molecule has 0 saturated heterocycles. The largest absolute Gasteiger partial charge is 0.381 e. The van der Waals surface area contributed by atoms with Crippen molar-refractivity contribution >= 4 is 17.4 Å². The Morgan fingerprint density at radius 2 is 1.57 bits per heavy atom. The zero-order valence-electron chi connectivity index (χ0n) is 15.7. The maximum atomic E-state index is 12.4. The molecule has 0 fully saturated rings. The van der Waals surface area contributed by atoms with Gasteiger partial charge in [-0.1, -0.05) is 35.0 Å². The quantitative estimate of drug-likeness (QED) is 0.289. The van der Waals surface area contributed by atoms with Crippen LogP contribution in [0.25, 0.3) is 0 Å². The molecule has 3 rings (SSSR count). The van der Waals surface area contributed by atoms with E-state index in [2.05, 4.69) is 5.16 Å². The SMILES string of the molecule is Cc1ccc(/C(=N/OC(=O)c2cc(C)cn2C)c2ccc([N+](=O)[O-])cc2)cc1. The number of benzene rings is 2. The molecule has 1 heterocycles. The molecule has 7 nitrogen and oxygen atoms in total. The molecule has 7 heteroatoms. The molecule has 0 radical (unpaired) electrons. The lowest BCUT2D eigenvalue weighted by molar-refractivity contribution is -0.384. The molecular weight excluding hydrogens is 358 g/mol. The summed E-state index contributed by atoms with van der Waals surface area (Å²) in [5.74, 6) is -0.581. The van der Waals surface area contributed by atoms with Gasteiger partial charge in [-0.05, 0) is 37.6 Å². The lowest BCUT2D eigenvalue weighted by Crippen LogP contribution is -2.10. The number of carbonyl (C=O) groups is 1. The van der Waals surface area contributed by atoms with Crippen molar-refractivity contribution in [2.24, 2.45) is 12.2 Å². The van der Waals surface area contributed by atoms with E-state index >= 15 is 0 Å². The summed E-state index contributed by atoms with van der Waals surface area (Å²) in [5.41, 5.74) is 4.11. The number of carbonyl (C=O) groups excluding carboxylic acids is 1. The van der Waals surface area contributed by atoms with Crippen LogP contribution in [0.1, 0.15) is 32.7 Å². The van der Waals surface area contributed by atoms with Crippen molar-refractivity contribution in [1.29, 1.82) is 0 Å². The van der Waals surface area contributed by atoms with Gasteiger partial charge >= 0.3 is 5.97 Å². The van der Waals surface area contributed by atoms with E-state index in [0.717, 1.165) is 16.7 Å². The number of nitrogens with zero attached hydrogens (tertiary/aromatic N) is 3. The van der Waals surface area contributed by atoms with Crippen molar-refractivity contribution in [3.63, 3.8) is 0 Å². The summed E-state index contributed by atoms with van der Waals surface area (Å²) in [6.45, 7) is 3.85. The lowest BCUT2D eigenvalue weighted by atomic mass is 10.0. The molecule has 0 amide bonds. The third-order valence-corrected chi connectivity index (χ3v) is 4.25. The molecule has 0 aliphatic rings. The fourth-order valence-electron chi connectivity index (χ4n) is 2.79. The molecule has 2 aromatic carbocycles. The Hall–Kier alpha value is -3.74. The van der Waals surface area contributed by atoms with Crippen LogP contribution in [0, 0.1) is 24.0 Å². The molecule has 0 atom stereocenters. The van der Waals surface area contributed by atoms with Crippen LogP contribution in [-0.2, 0) is 11.9 Å². The molecule has 0 spiro atoms. The number of nitro groups is 1. The number of aromatic nitrogens is 1. The van der Waals surface area contributed by atoms with Gasteiger partial charge in [0.1, 0.15) is 11.4 Å². The van der Waals surface area contributed by atoms with Crippen molar-refractivity contribution < 1.29 is 14.6 Å². The monoisotopic (exact) mass is 377 g/mol. The number of nitro benzene ring substituents is 1. The smallest absolute Gasteiger partial charge is 0.345 e. The number of aryl methyl sites for hydroxylation is 3. The van der Waals surface area contributed by atoms with Crippen LogP contribution in [0.15, 0.2) is 65.9 Å². The first-order chi connectivity index (χ1) is 13.3. The van der Waals surface area contributed by atoms with Crippen molar-refractivity contribution in [1.82, 2.24) is 4.57 Å². The van der Waals surface area contributed by atoms with Crippen LogP contribution in [0.5, 0.6) is 0 Å². The first kappa shape index (κ1) is 19.0. The van der Waals surface area contributed by atoms with Gasteiger partial charge < -0.3 is 9.40 Å². The van der Waals surface area contributed by atoms with E-state index in [-0.39, 0.29) is 5.69 Å². The molecule has 0 bridgehead atoms. The number of hydrogen-bond acceptors (Lipinski definition) is 5. The van der Waals surface area contributed by atoms with Gasteiger partial charge in [-0.3, -0.25) is 10.1 Å². The predicted octanol–water partition coefficient (Wildman–Crippen LogP) is 4.16. The predicted molar refractivity (Wildman–Crippen MR) is 105 cm³/mol. The van der Waals surface area contributed by atoms with Gasteiger partial charge in [-0.25, -0.2) is 4.79 Å². The van der Waals surface area contributed by atoms with E-state index in [1.165, 1.54) is 12.1 Å². The number of rotatable bonds is 5. The Labute approximate surface area is 162 Å². The van der Waals surface area contributed by atoms with Gasteiger partial charge in [0.2, 0.25) is 0 Å². The van der Waals surface area contributed by atoms with Gasteiger partial charge in [0, 0.05) is 36.5 Å². The summed E-state index contributed by atoms with van der Waals surface area (Å²) in [6, 6.07) is 15.2. The van der Waals surface area contributed by atoms with E-state index < -0.39 is 10.9 Å². The third-order valence-electron chi connectivity index (χ3n) is 4.25. The average molecular weight is 377 g/mol. The van der Waals surface area contributed by atoms with Crippen molar-refractivity contribution in [2.45, 2.75) is 13.8 Å². The minimum absolute atomic E-state index is 0.0247. The second kappa shape index (κ2) is 7.87. The Balaban J connectivity index is 1.97. The minimum atomic E-state index is -0.581. The first-order valence-electron chi connectivity index (χ1n) is 8.59. The molecule has 0 N–H and O–H groups in total. The van der Waals surface area contributed by atoms with Crippen LogP contribution in [-0.4, -0.2) is 21.2 Å². The highest BCUT2D eigenvalue weighted by atomic mass is 16.7. The Bertz CT molecular complexity index is 1050. The molecule has 0 aliphatic carbocycles. The van der Waals surface area contributed by atoms with Crippen molar-refractivity contribution in [2.75, 3.05) is 0 Å². The molecule has 3 aromatic rings. The summed E-state index contributed by atoms with van der Waals surface area (Å²) >= 11 is 0. The van der Waals surface area contributed by atoms with Crippen LogP contribution in [0.2, 0.25) is 0 Å². The van der Waals surface area contributed by atoms with E-state index in [9.17, 15) is 14.9 Å². The highest BCUT2D eigenvalue weighted by molar-refractivity contribution is 6.13. The summed E-state index contributed by atoms with van der Waals surface area (Å²) in [4.78, 5) is 28.0. The van der Waals surface area contributed by atoms with E-state index in [1.807, 2.05) is 44.3 Å². The average Bonchev–Trinajstić information content (AvgIpc) is 3.01. The molecule has 28 heavy (non-hydrogen) atoms. The molecule has 1 aromatic heterocycles. The van der Waals surface area contributed by atoms with E-state index in [4.69, 9.17) is 4.84 Å². The Morgan fingerprint density at radius 3 is 2.07 bits per heavy atom. The zero-order chi connectivity index (χ0) is 20.3. The highest BCUT2D eigenvalue weighted by Gasteiger charge is 2.15. The van der Waals surface area contributed by atoms with Crippen LogP contribution >= 0.6 is 0 Å². The van der Waals surface area contributed by atoms with Crippen molar-refractivity contribution in [3.05, 3.63) is 98.9 Å². The Kier molecular flexibility index (Phi) is 5.35. The highest BCUT2D eigenvalue weighted by Crippen LogP contribution is 2.17. The fraction of sp³-hybridized carbons (Fsp3) is 0.143. The second-order valence-corrected chi connectivity index (χ2v) is 6.50. The number of oxime groups is 1. The zero-order valence-corrected chi connectivity index (χ0v) is 15.7. The fourth-order valence-corrected chi connectivity index (χ4v) is 2.79. The number of non-ortho nitro benzene ring substituents is 1. The maximum Gasteiger partial charge on any atom is 0.381 e. The molecule has 142 valence electrons. The lowest BCUT2D eigenvalue weighted by Gasteiger charge is -2.08. The van der Waals surface area contributed by atoms with Crippen LogP contribution in [0.4, 0.5) is 5.69 Å². The Morgan fingerprint density at radius 1 is 1.00 bits per heavy atom. The maximum absolute atomic E-state index is 12.4. The van der Waals surface area contributed by atoms with E-state index in [1.54, 1.807) is 29.8 Å².